The lowest BCUT2D eigenvalue weighted by Crippen LogP contribution is -2.20. The monoisotopic (exact) mass is 356 g/mol. The van der Waals surface area contributed by atoms with Gasteiger partial charge in [-0.15, -0.1) is 0 Å². The quantitative estimate of drug-likeness (QED) is 0.824. The summed E-state index contributed by atoms with van der Waals surface area (Å²) in [6, 6.07) is 8.81. The number of rotatable bonds is 6. The Morgan fingerprint density at radius 3 is 2.58 bits per heavy atom. The van der Waals surface area contributed by atoms with Gasteiger partial charge in [0, 0.05) is 11.8 Å². The van der Waals surface area contributed by atoms with E-state index in [2.05, 4.69) is 5.32 Å². The van der Waals surface area contributed by atoms with Gasteiger partial charge in [-0.1, -0.05) is 12.1 Å². The lowest BCUT2D eigenvalue weighted by Gasteiger charge is -2.09. The van der Waals surface area contributed by atoms with E-state index < -0.39 is 34.2 Å². The van der Waals surface area contributed by atoms with Crippen LogP contribution in [0, 0.1) is 11.6 Å². The first-order chi connectivity index (χ1) is 11.2. The molecule has 2 aromatic rings. The van der Waals surface area contributed by atoms with E-state index in [1.165, 1.54) is 6.07 Å². The number of halogens is 2. The Labute approximate surface area is 137 Å². The average molecular weight is 356 g/mol. The van der Waals surface area contributed by atoms with Gasteiger partial charge in [-0.2, -0.15) is 0 Å². The minimum atomic E-state index is -3.69. The topological polar surface area (TPSA) is 98.5 Å². The molecule has 24 heavy (non-hydrogen) atoms. The Hall–Kier alpha value is -2.52. The van der Waals surface area contributed by atoms with Gasteiger partial charge in [-0.25, -0.2) is 22.3 Å². The van der Waals surface area contributed by atoms with Crippen LogP contribution in [0.1, 0.15) is 5.56 Å². The zero-order chi connectivity index (χ0) is 17.7. The molecule has 0 saturated carbocycles. The van der Waals surface area contributed by atoms with Crippen molar-refractivity contribution in [3.63, 3.8) is 0 Å². The Balaban J connectivity index is 1.96. The molecule has 0 saturated heterocycles. The van der Waals surface area contributed by atoms with Crippen molar-refractivity contribution in [1.82, 2.24) is 0 Å². The highest BCUT2D eigenvalue weighted by Crippen LogP contribution is 2.18. The molecule has 0 spiro atoms. The maximum atomic E-state index is 13.4. The number of carbonyl (C=O) groups excluding carboxylic acids is 1. The molecule has 0 aliphatic carbocycles. The van der Waals surface area contributed by atoms with Crippen molar-refractivity contribution in [2.24, 2.45) is 5.14 Å². The SMILES string of the molecule is NS(=O)(=O)Cc1cccc(NC(=O)COc2ccc(F)cc2F)c1. The Kier molecular flexibility index (Phi) is 5.47. The van der Waals surface area contributed by atoms with Gasteiger partial charge in [0.2, 0.25) is 10.0 Å². The van der Waals surface area contributed by atoms with E-state index in [0.717, 1.165) is 12.1 Å². The number of nitrogens with two attached hydrogens (primary N) is 1. The van der Waals surface area contributed by atoms with Crippen LogP contribution in [0.25, 0.3) is 0 Å². The van der Waals surface area contributed by atoms with Gasteiger partial charge in [0.1, 0.15) is 5.82 Å². The van der Waals surface area contributed by atoms with Crippen LogP contribution in [0.15, 0.2) is 42.5 Å². The van der Waals surface area contributed by atoms with Gasteiger partial charge >= 0.3 is 0 Å². The zero-order valence-electron chi connectivity index (χ0n) is 12.3. The predicted molar refractivity (Wildman–Crippen MR) is 83.7 cm³/mol. The van der Waals surface area contributed by atoms with E-state index in [-0.39, 0.29) is 11.5 Å². The minimum Gasteiger partial charge on any atom is -0.481 e. The van der Waals surface area contributed by atoms with Crippen LogP contribution in [0.3, 0.4) is 0 Å². The molecule has 0 radical (unpaired) electrons. The van der Waals surface area contributed by atoms with Crippen LogP contribution in [0.5, 0.6) is 5.75 Å². The summed E-state index contributed by atoms with van der Waals surface area (Å²) >= 11 is 0. The number of benzene rings is 2. The normalized spacial score (nSPS) is 11.1. The molecule has 128 valence electrons. The maximum absolute atomic E-state index is 13.4. The maximum Gasteiger partial charge on any atom is 0.262 e. The van der Waals surface area contributed by atoms with Gasteiger partial charge in [0.05, 0.1) is 5.75 Å². The van der Waals surface area contributed by atoms with Crippen molar-refractivity contribution in [3.05, 3.63) is 59.7 Å². The number of nitrogens with one attached hydrogen (secondary N) is 1. The fourth-order valence-electron chi connectivity index (χ4n) is 1.90. The molecule has 0 aromatic heterocycles. The molecule has 0 heterocycles. The van der Waals surface area contributed by atoms with Crippen LogP contribution in [0.4, 0.5) is 14.5 Å². The number of hydrogen-bond donors (Lipinski definition) is 2. The molecule has 9 heteroatoms. The highest BCUT2D eigenvalue weighted by atomic mass is 32.2. The molecule has 0 aliphatic heterocycles. The van der Waals surface area contributed by atoms with Crippen molar-refractivity contribution >= 4 is 21.6 Å². The highest BCUT2D eigenvalue weighted by molar-refractivity contribution is 7.88. The smallest absolute Gasteiger partial charge is 0.262 e. The first-order valence-corrected chi connectivity index (χ1v) is 8.41. The summed E-state index contributed by atoms with van der Waals surface area (Å²) < 4.78 is 53.2. The van der Waals surface area contributed by atoms with Gasteiger partial charge in [-0.3, -0.25) is 4.79 Å². The molecular weight excluding hydrogens is 342 g/mol. The van der Waals surface area contributed by atoms with E-state index in [4.69, 9.17) is 9.88 Å². The molecule has 0 atom stereocenters. The molecule has 2 aromatic carbocycles. The van der Waals surface area contributed by atoms with Crippen molar-refractivity contribution in [1.29, 1.82) is 0 Å². The lowest BCUT2D eigenvalue weighted by molar-refractivity contribution is -0.118. The van der Waals surface area contributed by atoms with Crippen LogP contribution < -0.4 is 15.2 Å². The Morgan fingerprint density at radius 1 is 1.17 bits per heavy atom. The summed E-state index contributed by atoms with van der Waals surface area (Å²) in [6.07, 6.45) is 0. The second-order valence-electron chi connectivity index (χ2n) is 4.92. The van der Waals surface area contributed by atoms with Crippen LogP contribution in [-0.4, -0.2) is 20.9 Å². The molecule has 0 fully saturated rings. The van der Waals surface area contributed by atoms with E-state index in [1.807, 2.05) is 0 Å². The Morgan fingerprint density at radius 2 is 1.92 bits per heavy atom. The van der Waals surface area contributed by atoms with Gasteiger partial charge in [-0.05, 0) is 29.8 Å². The standard InChI is InChI=1S/C15H14F2N2O4S/c16-11-4-5-14(13(17)7-11)23-8-15(20)19-12-3-1-2-10(6-12)9-24(18,21)22/h1-7H,8-9H2,(H,19,20)(H2,18,21,22). The van der Waals surface area contributed by atoms with E-state index in [1.54, 1.807) is 18.2 Å². The largest absolute Gasteiger partial charge is 0.481 e. The minimum absolute atomic E-state index is 0.255. The third kappa shape index (κ3) is 5.60. The van der Waals surface area contributed by atoms with Crippen LogP contribution in [-0.2, 0) is 20.6 Å². The van der Waals surface area contributed by atoms with Crippen molar-refractivity contribution in [2.75, 3.05) is 11.9 Å². The van der Waals surface area contributed by atoms with E-state index >= 15 is 0 Å². The lowest BCUT2D eigenvalue weighted by atomic mass is 10.2. The predicted octanol–water partition coefficient (Wildman–Crippen LogP) is 1.77. The second kappa shape index (κ2) is 7.37. The zero-order valence-corrected chi connectivity index (χ0v) is 13.1. The van der Waals surface area contributed by atoms with Crippen molar-refractivity contribution in [2.45, 2.75) is 5.75 Å². The van der Waals surface area contributed by atoms with E-state index in [0.29, 0.717) is 17.3 Å². The van der Waals surface area contributed by atoms with Crippen LogP contribution in [0.2, 0.25) is 0 Å². The summed E-state index contributed by atoms with van der Waals surface area (Å²) in [4.78, 5) is 11.8. The third-order valence-corrected chi connectivity index (χ3v) is 3.57. The molecule has 2 rings (SSSR count). The fourth-order valence-corrected chi connectivity index (χ4v) is 2.55. The molecule has 1 amide bonds. The molecule has 0 unspecified atom stereocenters. The first-order valence-electron chi connectivity index (χ1n) is 6.70. The van der Waals surface area contributed by atoms with Gasteiger partial charge in [0.15, 0.2) is 18.2 Å². The number of anilines is 1. The van der Waals surface area contributed by atoms with Crippen molar-refractivity contribution < 1.29 is 26.7 Å². The summed E-state index contributed by atoms with van der Waals surface area (Å²) in [7, 11) is -3.69. The number of sulfonamides is 1. The molecule has 6 nitrogen and oxygen atoms in total. The van der Waals surface area contributed by atoms with Gasteiger partial charge < -0.3 is 10.1 Å². The van der Waals surface area contributed by atoms with Crippen molar-refractivity contribution in [3.8, 4) is 5.75 Å². The summed E-state index contributed by atoms with van der Waals surface area (Å²) in [5, 5.41) is 7.43. The van der Waals surface area contributed by atoms with Gasteiger partial charge in [0.25, 0.3) is 5.91 Å². The number of carbonyl (C=O) groups is 1. The fraction of sp³-hybridized carbons (Fsp3) is 0.133. The van der Waals surface area contributed by atoms with Crippen LogP contribution >= 0.6 is 0 Å². The molecule has 3 N–H and O–H groups in total. The highest BCUT2D eigenvalue weighted by Gasteiger charge is 2.10. The number of primary sulfonamides is 1. The number of ether oxygens (including phenoxy) is 1. The summed E-state index contributed by atoms with van der Waals surface area (Å²) in [6.45, 7) is -0.498. The summed E-state index contributed by atoms with van der Waals surface area (Å²) in [5.74, 6) is -2.89. The first kappa shape index (κ1) is 17.8. The molecule has 0 aliphatic rings. The number of hydrogen-bond acceptors (Lipinski definition) is 4. The molecule has 0 bridgehead atoms. The number of amides is 1. The summed E-state index contributed by atoms with van der Waals surface area (Å²) in [5.41, 5.74) is 0.741. The third-order valence-electron chi connectivity index (χ3n) is 2.83. The second-order valence-corrected chi connectivity index (χ2v) is 6.53. The van der Waals surface area contributed by atoms with E-state index in [9.17, 15) is 22.0 Å². The average Bonchev–Trinajstić information content (AvgIpc) is 2.45. The molecular formula is C15H14F2N2O4S. The Bertz CT molecular complexity index is 856.